The summed E-state index contributed by atoms with van der Waals surface area (Å²) in [5, 5.41) is 0.152. The second kappa shape index (κ2) is 5.34. The number of aromatic nitrogens is 1. The Kier molecular flexibility index (Phi) is 3.92. The van der Waals surface area contributed by atoms with E-state index in [1.807, 2.05) is 0 Å². The minimum Gasteiger partial charge on any atom is -0.269 e. The molecule has 0 bridgehead atoms. The van der Waals surface area contributed by atoms with Crippen LogP contribution in [0.1, 0.15) is 0 Å². The Bertz CT molecular complexity index is 736. The predicted octanol–water partition coefficient (Wildman–Crippen LogP) is 2.84. The van der Waals surface area contributed by atoms with Gasteiger partial charge in [0.2, 0.25) is 0 Å². The van der Waals surface area contributed by atoms with Crippen molar-refractivity contribution in [3.8, 4) is 0 Å². The Morgan fingerprint density at radius 1 is 1.15 bits per heavy atom. The Morgan fingerprint density at radius 2 is 1.85 bits per heavy atom. The molecule has 0 saturated carbocycles. The van der Waals surface area contributed by atoms with Gasteiger partial charge in [0.25, 0.3) is 10.0 Å². The minimum atomic E-state index is -3.92. The number of hydrogen-bond donors (Lipinski definition) is 0. The van der Waals surface area contributed by atoms with Crippen molar-refractivity contribution in [2.45, 2.75) is 4.90 Å². The first kappa shape index (κ1) is 14.7. The molecule has 20 heavy (non-hydrogen) atoms. The van der Waals surface area contributed by atoms with Crippen LogP contribution < -0.4 is 4.31 Å². The second-order valence-electron chi connectivity index (χ2n) is 3.89. The van der Waals surface area contributed by atoms with Gasteiger partial charge in [0.1, 0.15) is 10.0 Å². The van der Waals surface area contributed by atoms with Crippen LogP contribution in [0.2, 0.25) is 5.15 Å². The number of rotatable bonds is 3. The summed E-state index contributed by atoms with van der Waals surface area (Å²) in [5.74, 6) is -2.17. The van der Waals surface area contributed by atoms with Gasteiger partial charge in [0.05, 0.1) is 5.69 Å². The topological polar surface area (TPSA) is 50.3 Å². The molecule has 1 heterocycles. The van der Waals surface area contributed by atoms with Gasteiger partial charge in [-0.25, -0.2) is 22.2 Å². The molecule has 0 spiro atoms. The Labute approximate surface area is 119 Å². The fourth-order valence-electron chi connectivity index (χ4n) is 1.49. The Balaban J connectivity index is 2.42. The van der Waals surface area contributed by atoms with Gasteiger partial charge < -0.3 is 0 Å². The number of hydrogen-bond acceptors (Lipinski definition) is 3. The Hall–Kier alpha value is -1.73. The first-order valence-electron chi connectivity index (χ1n) is 5.38. The monoisotopic (exact) mass is 318 g/mol. The van der Waals surface area contributed by atoms with Crippen LogP contribution in [0.5, 0.6) is 0 Å². The third kappa shape index (κ3) is 2.73. The van der Waals surface area contributed by atoms with Crippen molar-refractivity contribution >= 4 is 27.3 Å². The number of anilines is 1. The van der Waals surface area contributed by atoms with Gasteiger partial charge in [-0.2, -0.15) is 0 Å². The number of halogens is 3. The predicted molar refractivity (Wildman–Crippen MR) is 71.2 cm³/mol. The summed E-state index contributed by atoms with van der Waals surface area (Å²) in [6.07, 6.45) is 1.09. The van der Waals surface area contributed by atoms with E-state index in [0.717, 1.165) is 22.6 Å². The zero-order valence-corrected chi connectivity index (χ0v) is 11.8. The third-order valence-corrected chi connectivity index (χ3v) is 4.62. The summed E-state index contributed by atoms with van der Waals surface area (Å²) >= 11 is 5.59. The smallest absolute Gasteiger partial charge is 0.265 e. The molecular weight excluding hydrogens is 310 g/mol. The molecule has 0 saturated heterocycles. The van der Waals surface area contributed by atoms with Gasteiger partial charge in [-0.15, -0.1) is 0 Å². The van der Waals surface area contributed by atoms with Crippen molar-refractivity contribution in [3.63, 3.8) is 0 Å². The average molecular weight is 319 g/mol. The maximum atomic E-state index is 13.2. The fraction of sp³-hybridized carbons (Fsp3) is 0.0833. The van der Waals surface area contributed by atoms with Crippen molar-refractivity contribution < 1.29 is 17.2 Å². The number of sulfonamides is 1. The van der Waals surface area contributed by atoms with Gasteiger partial charge in [0, 0.05) is 19.3 Å². The molecule has 4 nitrogen and oxygen atoms in total. The highest BCUT2D eigenvalue weighted by Gasteiger charge is 2.22. The molecule has 0 aliphatic carbocycles. The first-order chi connectivity index (χ1) is 9.32. The number of nitrogens with zero attached hydrogens (tertiary/aromatic N) is 2. The maximum absolute atomic E-state index is 13.2. The molecule has 0 aliphatic heterocycles. The van der Waals surface area contributed by atoms with Crippen molar-refractivity contribution in [2.24, 2.45) is 0 Å². The molecule has 0 fully saturated rings. The molecule has 0 atom stereocenters. The summed E-state index contributed by atoms with van der Waals surface area (Å²) in [6.45, 7) is 0. The van der Waals surface area contributed by atoms with Gasteiger partial charge in [-0.05, 0) is 24.3 Å². The summed E-state index contributed by atoms with van der Waals surface area (Å²) in [7, 11) is -2.68. The summed E-state index contributed by atoms with van der Waals surface area (Å²) in [4.78, 5) is 3.58. The van der Waals surface area contributed by atoms with E-state index in [1.165, 1.54) is 25.2 Å². The number of pyridine rings is 1. The van der Waals surface area contributed by atoms with Crippen LogP contribution in [0.4, 0.5) is 14.5 Å². The highest BCUT2D eigenvalue weighted by atomic mass is 35.5. The van der Waals surface area contributed by atoms with Gasteiger partial charge in [0.15, 0.2) is 11.6 Å². The SMILES string of the molecule is CN(c1ccc(F)c(F)c1)S(=O)(=O)c1ccc(Cl)nc1. The highest BCUT2D eigenvalue weighted by molar-refractivity contribution is 7.92. The van der Waals surface area contributed by atoms with E-state index in [1.54, 1.807) is 0 Å². The van der Waals surface area contributed by atoms with E-state index in [9.17, 15) is 17.2 Å². The van der Waals surface area contributed by atoms with Gasteiger partial charge >= 0.3 is 0 Å². The van der Waals surface area contributed by atoms with Crippen LogP contribution in [-0.4, -0.2) is 20.4 Å². The van der Waals surface area contributed by atoms with Crippen LogP contribution in [0.15, 0.2) is 41.4 Å². The summed E-state index contributed by atoms with van der Waals surface area (Å²) in [6, 6.07) is 5.43. The molecule has 2 rings (SSSR count). The third-order valence-electron chi connectivity index (χ3n) is 2.63. The lowest BCUT2D eigenvalue weighted by Gasteiger charge is -2.19. The first-order valence-corrected chi connectivity index (χ1v) is 7.20. The molecule has 0 aliphatic rings. The molecule has 106 valence electrons. The van der Waals surface area contributed by atoms with E-state index < -0.39 is 21.7 Å². The van der Waals surface area contributed by atoms with Crippen molar-refractivity contribution in [2.75, 3.05) is 11.4 Å². The zero-order valence-electron chi connectivity index (χ0n) is 10.2. The average Bonchev–Trinajstić information content (AvgIpc) is 2.41. The standard InChI is InChI=1S/C12H9ClF2N2O2S/c1-17(8-2-4-10(14)11(15)6-8)20(18,19)9-3-5-12(13)16-7-9/h2-7H,1H3. The van der Waals surface area contributed by atoms with Crippen LogP contribution in [0.3, 0.4) is 0 Å². The van der Waals surface area contributed by atoms with Gasteiger partial charge in [-0.1, -0.05) is 11.6 Å². The van der Waals surface area contributed by atoms with E-state index in [2.05, 4.69) is 4.98 Å². The molecule has 1 aromatic heterocycles. The van der Waals surface area contributed by atoms with Crippen LogP contribution in [-0.2, 0) is 10.0 Å². The van der Waals surface area contributed by atoms with Crippen molar-refractivity contribution in [3.05, 3.63) is 53.3 Å². The quantitative estimate of drug-likeness (QED) is 0.818. The zero-order chi connectivity index (χ0) is 14.9. The lowest BCUT2D eigenvalue weighted by atomic mass is 10.3. The van der Waals surface area contributed by atoms with E-state index in [4.69, 9.17) is 11.6 Å². The molecular formula is C12H9ClF2N2O2S. The van der Waals surface area contributed by atoms with Crippen molar-refractivity contribution in [1.82, 2.24) is 4.98 Å². The van der Waals surface area contributed by atoms with Crippen LogP contribution >= 0.6 is 11.6 Å². The maximum Gasteiger partial charge on any atom is 0.265 e. The lowest BCUT2D eigenvalue weighted by Crippen LogP contribution is -2.26. The van der Waals surface area contributed by atoms with Crippen LogP contribution in [0, 0.1) is 11.6 Å². The highest BCUT2D eigenvalue weighted by Crippen LogP contribution is 2.23. The second-order valence-corrected chi connectivity index (χ2v) is 6.24. The molecule has 0 unspecified atom stereocenters. The van der Waals surface area contributed by atoms with Gasteiger partial charge in [-0.3, -0.25) is 4.31 Å². The van der Waals surface area contributed by atoms with E-state index >= 15 is 0 Å². The van der Waals surface area contributed by atoms with E-state index in [-0.39, 0.29) is 15.7 Å². The Morgan fingerprint density at radius 3 is 2.40 bits per heavy atom. The molecule has 8 heteroatoms. The fourth-order valence-corrected chi connectivity index (χ4v) is 2.74. The molecule has 0 radical (unpaired) electrons. The normalized spacial score (nSPS) is 11.4. The van der Waals surface area contributed by atoms with Crippen molar-refractivity contribution in [1.29, 1.82) is 0 Å². The minimum absolute atomic E-state index is 0.00106. The van der Waals surface area contributed by atoms with E-state index in [0.29, 0.717) is 0 Å². The molecule has 0 N–H and O–H groups in total. The van der Waals surface area contributed by atoms with Crippen LogP contribution in [0.25, 0.3) is 0 Å². The largest absolute Gasteiger partial charge is 0.269 e. The molecule has 1 aromatic carbocycles. The summed E-state index contributed by atoms with van der Waals surface area (Å²) in [5.41, 5.74) is -0.00106. The molecule has 2 aromatic rings. The summed E-state index contributed by atoms with van der Waals surface area (Å²) < 4.78 is 51.4. The molecule has 0 amide bonds. The lowest BCUT2D eigenvalue weighted by molar-refractivity contribution is 0.509. The number of benzene rings is 1.